The van der Waals surface area contributed by atoms with E-state index in [-0.39, 0.29) is 0 Å². The van der Waals surface area contributed by atoms with Gasteiger partial charge >= 0.3 is 0 Å². The first-order chi connectivity index (χ1) is 7.61. The minimum absolute atomic E-state index is 0.404. The highest BCUT2D eigenvalue weighted by molar-refractivity contribution is 6.02. The van der Waals surface area contributed by atoms with Crippen LogP contribution in [-0.4, -0.2) is 11.9 Å². The van der Waals surface area contributed by atoms with Crippen LogP contribution in [0.1, 0.15) is 5.56 Å². The Kier molecular flexibility index (Phi) is 3.81. The van der Waals surface area contributed by atoms with Crippen LogP contribution in [0.5, 0.6) is 0 Å². The molecule has 1 aromatic carbocycles. The quantitative estimate of drug-likeness (QED) is 0.707. The number of hydrogen-bond donors (Lipinski definition) is 1. The lowest BCUT2D eigenvalue weighted by Gasteiger charge is -2.01. The molecule has 80 valence electrons. The van der Waals surface area contributed by atoms with Crippen molar-refractivity contribution in [3.05, 3.63) is 42.0 Å². The molecule has 0 bridgehead atoms. The zero-order valence-corrected chi connectivity index (χ0v) is 8.14. The first-order valence-corrected chi connectivity index (χ1v) is 4.32. The molecule has 0 unspecified atom stereocenters. The Bertz CT molecular complexity index is 486. The second-order valence-corrected chi connectivity index (χ2v) is 2.83. The zero-order valence-electron chi connectivity index (χ0n) is 8.14. The van der Waals surface area contributed by atoms with Gasteiger partial charge in [-0.05, 0) is 24.3 Å². The molecule has 0 aliphatic carbocycles. The first-order valence-electron chi connectivity index (χ1n) is 4.32. The minimum atomic E-state index is -1.44. The fourth-order valence-corrected chi connectivity index (χ4v) is 0.994. The molecule has 0 aliphatic heterocycles. The van der Waals surface area contributed by atoms with Gasteiger partial charge in [0.15, 0.2) is 0 Å². The predicted molar refractivity (Wildman–Crippen MR) is 53.9 cm³/mol. The van der Waals surface area contributed by atoms with E-state index in [1.54, 1.807) is 18.2 Å². The molecule has 5 heteroatoms. The molecule has 16 heavy (non-hydrogen) atoms. The van der Waals surface area contributed by atoms with E-state index >= 15 is 0 Å². The standard InChI is InChI=1S/C11H8N2O3/c12-7-8-2-1-3-9(6-8)13-10(14)4-5-11(15)16/h1-6H,(H,13,14)(H,15,16)/p-1/b5-4-. The molecule has 0 atom stereocenters. The Morgan fingerprint density at radius 1 is 1.38 bits per heavy atom. The van der Waals surface area contributed by atoms with Gasteiger partial charge < -0.3 is 15.2 Å². The van der Waals surface area contributed by atoms with Gasteiger partial charge in [-0.15, -0.1) is 0 Å². The second kappa shape index (κ2) is 5.32. The maximum absolute atomic E-state index is 11.1. The molecule has 0 aromatic heterocycles. The van der Waals surface area contributed by atoms with Crippen molar-refractivity contribution < 1.29 is 14.7 Å². The summed E-state index contributed by atoms with van der Waals surface area (Å²) in [6, 6.07) is 8.18. The van der Waals surface area contributed by atoms with Crippen molar-refractivity contribution in [3.63, 3.8) is 0 Å². The van der Waals surface area contributed by atoms with Crippen molar-refractivity contribution in [2.24, 2.45) is 0 Å². The Labute approximate surface area is 91.6 Å². The van der Waals surface area contributed by atoms with Crippen LogP contribution >= 0.6 is 0 Å². The number of rotatable bonds is 3. The maximum Gasteiger partial charge on any atom is 0.248 e. The maximum atomic E-state index is 11.1. The largest absolute Gasteiger partial charge is 0.545 e. The number of nitrogens with zero attached hydrogens (tertiary/aromatic N) is 1. The summed E-state index contributed by atoms with van der Waals surface area (Å²) >= 11 is 0. The average Bonchev–Trinajstić information content (AvgIpc) is 2.26. The van der Waals surface area contributed by atoms with Crippen molar-refractivity contribution in [1.29, 1.82) is 5.26 Å². The highest BCUT2D eigenvalue weighted by atomic mass is 16.4. The van der Waals surface area contributed by atoms with Crippen LogP contribution in [0.3, 0.4) is 0 Å². The van der Waals surface area contributed by atoms with Crippen LogP contribution in [0.25, 0.3) is 0 Å². The number of anilines is 1. The third-order valence-electron chi connectivity index (χ3n) is 1.63. The Balaban J connectivity index is 2.70. The fourth-order valence-electron chi connectivity index (χ4n) is 0.994. The van der Waals surface area contributed by atoms with Gasteiger partial charge in [-0.25, -0.2) is 0 Å². The predicted octanol–water partition coefficient (Wildman–Crippen LogP) is -0.197. The van der Waals surface area contributed by atoms with Crippen molar-refractivity contribution in [3.8, 4) is 6.07 Å². The first kappa shape index (κ1) is 11.5. The molecule has 1 N–H and O–H groups in total. The van der Waals surface area contributed by atoms with Gasteiger partial charge in [-0.1, -0.05) is 6.07 Å². The van der Waals surface area contributed by atoms with E-state index in [0.717, 1.165) is 6.08 Å². The van der Waals surface area contributed by atoms with E-state index in [4.69, 9.17) is 5.26 Å². The fraction of sp³-hybridized carbons (Fsp3) is 0. The SMILES string of the molecule is N#Cc1cccc(NC(=O)/C=C\C(=O)[O-])c1. The van der Waals surface area contributed by atoms with Crippen LogP contribution < -0.4 is 10.4 Å². The topological polar surface area (TPSA) is 93.0 Å². The van der Waals surface area contributed by atoms with E-state index in [1.165, 1.54) is 6.07 Å². The molecule has 0 heterocycles. The number of benzene rings is 1. The van der Waals surface area contributed by atoms with Crippen LogP contribution in [0.4, 0.5) is 5.69 Å². The summed E-state index contributed by atoms with van der Waals surface area (Å²) in [5, 5.41) is 21.0. The number of carboxylic acid groups (broad SMARTS) is 1. The number of aliphatic carboxylic acids is 1. The van der Waals surface area contributed by atoms with Gasteiger partial charge in [0.25, 0.3) is 0 Å². The van der Waals surface area contributed by atoms with Crippen LogP contribution in [0, 0.1) is 11.3 Å². The summed E-state index contributed by atoms with van der Waals surface area (Å²) in [6.07, 6.45) is 1.47. The van der Waals surface area contributed by atoms with E-state index < -0.39 is 11.9 Å². The van der Waals surface area contributed by atoms with Gasteiger partial charge in [0, 0.05) is 11.8 Å². The Morgan fingerprint density at radius 3 is 2.75 bits per heavy atom. The molecule has 0 saturated heterocycles. The van der Waals surface area contributed by atoms with E-state index in [9.17, 15) is 14.7 Å². The number of nitriles is 1. The normalized spacial score (nSPS) is 9.69. The van der Waals surface area contributed by atoms with Gasteiger partial charge in [-0.2, -0.15) is 5.26 Å². The number of carbonyl (C=O) groups is 2. The number of carbonyl (C=O) groups excluding carboxylic acids is 2. The summed E-state index contributed by atoms with van der Waals surface area (Å²) < 4.78 is 0. The number of carboxylic acids is 1. The summed E-state index contributed by atoms with van der Waals surface area (Å²) in [7, 11) is 0. The van der Waals surface area contributed by atoms with E-state index in [2.05, 4.69) is 5.32 Å². The van der Waals surface area contributed by atoms with E-state index in [1.807, 2.05) is 6.07 Å². The monoisotopic (exact) mass is 215 g/mol. The van der Waals surface area contributed by atoms with Crippen LogP contribution in [-0.2, 0) is 9.59 Å². The van der Waals surface area contributed by atoms with Gasteiger partial charge in [0.2, 0.25) is 5.91 Å². The summed E-state index contributed by atoms with van der Waals surface area (Å²) in [6.45, 7) is 0. The van der Waals surface area contributed by atoms with Gasteiger partial charge in [-0.3, -0.25) is 4.79 Å². The molecule has 1 amide bonds. The summed E-state index contributed by atoms with van der Waals surface area (Å²) in [5.41, 5.74) is 0.828. The molecule has 0 saturated carbocycles. The highest BCUT2D eigenvalue weighted by Crippen LogP contribution is 2.09. The molecule has 5 nitrogen and oxygen atoms in total. The Hall–Kier alpha value is -2.61. The highest BCUT2D eigenvalue weighted by Gasteiger charge is 1.98. The molecule has 0 fully saturated rings. The van der Waals surface area contributed by atoms with Crippen LogP contribution in [0.2, 0.25) is 0 Å². The molecule has 0 aliphatic rings. The van der Waals surface area contributed by atoms with Crippen molar-refractivity contribution in [2.45, 2.75) is 0 Å². The average molecular weight is 215 g/mol. The third kappa shape index (κ3) is 3.64. The smallest absolute Gasteiger partial charge is 0.248 e. The number of hydrogen-bond acceptors (Lipinski definition) is 4. The summed E-state index contributed by atoms with van der Waals surface area (Å²) in [4.78, 5) is 21.2. The van der Waals surface area contributed by atoms with Gasteiger partial charge in [0.05, 0.1) is 17.6 Å². The van der Waals surface area contributed by atoms with Crippen LogP contribution in [0.15, 0.2) is 36.4 Å². The molecule has 0 radical (unpaired) electrons. The molecule has 1 rings (SSSR count). The lowest BCUT2D eigenvalue weighted by atomic mass is 10.2. The molecular formula is C11H7N2O3-. The number of nitrogens with one attached hydrogen (secondary N) is 1. The molecule has 0 spiro atoms. The third-order valence-corrected chi connectivity index (χ3v) is 1.63. The van der Waals surface area contributed by atoms with Crippen molar-refractivity contribution >= 4 is 17.6 Å². The zero-order chi connectivity index (χ0) is 12.0. The van der Waals surface area contributed by atoms with Crippen molar-refractivity contribution in [2.75, 3.05) is 5.32 Å². The minimum Gasteiger partial charge on any atom is -0.545 e. The van der Waals surface area contributed by atoms with Crippen molar-refractivity contribution in [1.82, 2.24) is 0 Å². The van der Waals surface area contributed by atoms with Gasteiger partial charge in [0.1, 0.15) is 0 Å². The second-order valence-electron chi connectivity index (χ2n) is 2.83. The molecular weight excluding hydrogens is 208 g/mol. The Morgan fingerprint density at radius 2 is 2.12 bits per heavy atom. The summed E-state index contributed by atoms with van der Waals surface area (Å²) in [5.74, 6) is -2.04. The molecule has 1 aromatic rings. The number of amides is 1. The van der Waals surface area contributed by atoms with E-state index in [0.29, 0.717) is 17.3 Å². The lowest BCUT2D eigenvalue weighted by Crippen LogP contribution is -2.20. The lowest BCUT2D eigenvalue weighted by molar-refractivity contribution is -0.297.